The second-order valence-corrected chi connectivity index (χ2v) is 5.08. The van der Waals surface area contributed by atoms with Crippen molar-refractivity contribution in [2.24, 2.45) is 7.05 Å². The van der Waals surface area contributed by atoms with Gasteiger partial charge in [0.2, 0.25) is 0 Å². The van der Waals surface area contributed by atoms with E-state index < -0.39 is 0 Å². The molecule has 100 valence electrons. The quantitative estimate of drug-likeness (QED) is 0.890. The van der Waals surface area contributed by atoms with Gasteiger partial charge in [-0.3, -0.25) is 4.68 Å². The lowest BCUT2D eigenvalue weighted by molar-refractivity contribution is 0.173. The van der Waals surface area contributed by atoms with Crippen LogP contribution in [-0.4, -0.2) is 33.8 Å². The minimum absolute atomic E-state index is 0.0192. The number of aromatic nitrogens is 2. The van der Waals surface area contributed by atoms with Gasteiger partial charge in [-0.15, -0.1) is 0 Å². The third-order valence-electron chi connectivity index (χ3n) is 3.64. The molecular weight excluding hydrogens is 228 g/mol. The Balaban J connectivity index is 1.79. The number of aryl methyl sites for hydroxylation is 1. The summed E-state index contributed by atoms with van der Waals surface area (Å²) in [5.41, 5.74) is 1.03. The number of carbonyl (C=O) groups excluding carboxylic acids is 1. The predicted molar refractivity (Wildman–Crippen MR) is 70.1 cm³/mol. The van der Waals surface area contributed by atoms with Crippen LogP contribution in [0.15, 0.2) is 12.4 Å². The standard InChI is InChI=1S/C13H22N4O/c1-16-10-11(9-15-16)8-14-13(18)17(2)12-6-4-3-5-7-12/h9-10,12H,3-8H2,1-2H3,(H,14,18). The number of hydrogen-bond acceptors (Lipinski definition) is 2. The maximum absolute atomic E-state index is 12.0. The van der Waals surface area contributed by atoms with E-state index in [-0.39, 0.29) is 6.03 Å². The van der Waals surface area contributed by atoms with Crippen LogP contribution >= 0.6 is 0 Å². The van der Waals surface area contributed by atoms with Crippen molar-refractivity contribution in [2.45, 2.75) is 44.7 Å². The third-order valence-corrected chi connectivity index (χ3v) is 3.64. The summed E-state index contributed by atoms with van der Waals surface area (Å²) >= 11 is 0. The largest absolute Gasteiger partial charge is 0.334 e. The number of rotatable bonds is 3. The summed E-state index contributed by atoms with van der Waals surface area (Å²) in [5.74, 6) is 0. The summed E-state index contributed by atoms with van der Waals surface area (Å²) < 4.78 is 1.74. The molecule has 2 amide bonds. The second kappa shape index (κ2) is 5.89. The van der Waals surface area contributed by atoms with E-state index in [2.05, 4.69) is 10.4 Å². The molecule has 0 aliphatic heterocycles. The highest BCUT2D eigenvalue weighted by Crippen LogP contribution is 2.21. The van der Waals surface area contributed by atoms with Gasteiger partial charge in [0.15, 0.2) is 0 Å². The minimum atomic E-state index is 0.0192. The maximum Gasteiger partial charge on any atom is 0.317 e. The lowest BCUT2D eigenvalue weighted by Crippen LogP contribution is -2.44. The third kappa shape index (κ3) is 3.24. The molecule has 1 aliphatic carbocycles. The zero-order valence-corrected chi connectivity index (χ0v) is 11.2. The molecular formula is C13H22N4O. The molecule has 5 nitrogen and oxygen atoms in total. The van der Waals surface area contributed by atoms with E-state index >= 15 is 0 Å². The van der Waals surface area contributed by atoms with Crippen molar-refractivity contribution < 1.29 is 4.79 Å². The van der Waals surface area contributed by atoms with Gasteiger partial charge in [0.25, 0.3) is 0 Å². The van der Waals surface area contributed by atoms with Gasteiger partial charge in [0.05, 0.1) is 6.20 Å². The first-order chi connectivity index (χ1) is 8.66. The lowest BCUT2D eigenvalue weighted by Gasteiger charge is -2.31. The van der Waals surface area contributed by atoms with Crippen molar-refractivity contribution in [2.75, 3.05) is 7.05 Å². The molecule has 18 heavy (non-hydrogen) atoms. The van der Waals surface area contributed by atoms with Crippen LogP contribution < -0.4 is 5.32 Å². The first-order valence-electron chi connectivity index (χ1n) is 6.65. The Hall–Kier alpha value is -1.52. The van der Waals surface area contributed by atoms with E-state index in [1.807, 2.05) is 25.2 Å². The normalized spacial score (nSPS) is 16.6. The fourth-order valence-corrected chi connectivity index (χ4v) is 2.50. The molecule has 1 saturated carbocycles. The van der Waals surface area contributed by atoms with Crippen molar-refractivity contribution in [3.05, 3.63) is 18.0 Å². The van der Waals surface area contributed by atoms with Crippen molar-refractivity contribution >= 4 is 6.03 Å². The molecule has 0 saturated heterocycles. The van der Waals surface area contributed by atoms with Gasteiger partial charge in [-0.05, 0) is 12.8 Å². The molecule has 1 aliphatic rings. The predicted octanol–water partition coefficient (Wildman–Crippen LogP) is 1.89. The molecule has 0 spiro atoms. The molecule has 1 aromatic heterocycles. The molecule has 0 radical (unpaired) electrons. The van der Waals surface area contributed by atoms with Crippen LogP contribution in [0.25, 0.3) is 0 Å². The Bertz CT molecular complexity index is 395. The van der Waals surface area contributed by atoms with E-state index in [0.717, 1.165) is 18.4 Å². The molecule has 1 fully saturated rings. The van der Waals surface area contributed by atoms with Crippen molar-refractivity contribution in [1.29, 1.82) is 0 Å². The zero-order valence-electron chi connectivity index (χ0n) is 11.2. The average molecular weight is 250 g/mol. The Morgan fingerprint density at radius 1 is 1.50 bits per heavy atom. The number of nitrogens with one attached hydrogen (secondary N) is 1. The first-order valence-corrected chi connectivity index (χ1v) is 6.65. The molecule has 0 aromatic carbocycles. The van der Waals surface area contributed by atoms with Crippen LogP contribution in [0.4, 0.5) is 4.79 Å². The monoisotopic (exact) mass is 250 g/mol. The van der Waals surface area contributed by atoms with E-state index in [4.69, 9.17) is 0 Å². The number of amides is 2. The molecule has 0 bridgehead atoms. The topological polar surface area (TPSA) is 50.2 Å². The van der Waals surface area contributed by atoms with Gasteiger partial charge in [-0.1, -0.05) is 19.3 Å². The van der Waals surface area contributed by atoms with Crippen molar-refractivity contribution in [3.8, 4) is 0 Å². The summed E-state index contributed by atoms with van der Waals surface area (Å²) in [6.45, 7) is 0.545. The average Bonchev–Trinajstić information content (AvgIpc) is 2.82. The fourth-order valence-electron chi connectivity index (χ4n) is 2.50. The van der Waals surface area contributed by atoms with E-state index in [0.29, 0.717) is 12.6 Å². The Morgan fingerprint density at radius 2 is 2.22 bits per heavy atom. The van der Waals surface area contributed by atoms with Gasteiger partial charge in [0, 0.05) is 38.4 Å². The summed E-state index contributed by atoms with van der Waals surface area (Å²) in [6, 6.07) is 0.429. The van der Waals surface area contributed by atoms with Crippen LogP contribution in [0.1, 0.15) is 37.7 Å². The van der Waals surface area contributed by atoms with Gasteiger partial charge >= 0.3 is 6.03 Å². The maximum atomic E-state index is 12.0. The molecule has 1 aromatic rings. The highest BCUT2D eigenvalue weighted by Gasteiger charge is 2.21. The Labute approximate surface area is 108 Å². The van der Waals surface area contributed by atoms with Crippen molar-refractivity contribution in [1.82, 2.24) is 20.0 Å². The van der Waals surface area contributed by atoms with Crippen LogP contribution in [0.2, 0.25) is 0 Å². The van der Waals surface area contributed by atoms with Crippen LogP contribution in [-0.2, 0) is 13.6 Å². The number of nitrogens with zero attached hydrogens (tertiary/aromatic N) is 3. The molecule has 0 atom stereocenters. The van der Waals surface area contributed by atoms with Gasteiger partial charge < -0.3 is 10.2 Å². The highest BCUT2D eigenvalue weighted by atomic mass is 16.2. The molecule has 0 unspecified atom stereocenters. The summed E-state index contributed by atoms with van der Waals surface area (Å²) in [5, 5.41) is 7.02. The van der Waals surface area contributed by atoms with Gasteiger partial charge in [-0.25, -0.2) is 4.79 Å². The van der Waals surface area contributed by atoms with E-state index in [1.54, 1.807) is 10.9 Å². The Kier molecular flexibility index (Phi) is 4.23. The number of hydrogen-bond donors (Lipinski definition) is 1. The summed E-state index contributed by atoms with van der Waals surface area (Å²) in [7, 11) is 3.77. The van der Waals surface area contributed by atoms with Crippen molar-refractivity contribution in [3.63, 3.8) is 0 Å². The van der Waals surface area contributed by atoms with Crippen LogP contribution in [0.5, 0.6) is 0 Å². The highest BCUT2D eigenvalue weighted by molar-refractivity contribution is 5.74. The molecule has 2 rings (SSSR count). The first kappa shape index (κ1) is 12.9. The fraction of sp³-hybridized carbons (Fsp3) is 0.692. The number of urea groups is 1. The van der Waals surface area contributed by atoms with Crippen LogP contribution in [0.3, 0.4) is 0 Å². The molecule has 1 heterocycles. The zero-order chi connectivity index (χ0) is 13.0. The second-order valence-electron chi connectivity index (χ2n) is 5.08. The van der Waals surface area contributed by atoms with E-state index in [1.165, 1.54) is 19.3 Å². The molecule has 5 heteroatoms. The SMILES string of the molecule is CN(C(=O)NCc1cnn(C)c1)C1CCCCC1. The van der Waals surface area contributed by atoms with Crippen LogP contribution in [0, 0.1) is 0 Å². The smallest absolute Gasteiger partial charge is 0.317 e. The lowest BCUT2D eigenvalue weighted by atomic mass is 9.95. The molecule has 1 N–H and O–H groups in total. The van der Waals surface area contributed by atoms with E-state index in [9.17, 15) is 4.79 Å². The van der Waals surface area contributed by atoms with Gasteiger partial charge in [-0.2, -0.15) is 5.10 Å². The Morgan fingerprint density at radius 3 is 2.83 bits per heavy atom. The minimum Gasteiger partial charge on any atom is -0.334 e. The van der Waals surface area contributed by atoms with Gasteiger partial charge in [0.1, 0.15) is 0 Å². The summed E-state index contributed by atoms with van der Waals surface area (Å²) in [4.78, 5) is 13.9. The number of carbonyl (C=O) groups is 1. The summed E-state index contributed by atoms with van der Waals surface area (Å²) in [6.07, 6.45) is 9.76.